The van der Waals surface area contributed by atoms with E-state index >= 15 is 0 Å². The number of methoxy groups -OCH3 is 1. The summed E-state index contributed by atoms with van der Waals surface area (Å²) < 4.78 is 31.9. The number of hydrogen-bond donors (Lipinski definition) is 2. The zero-order chi connectivity index (χ0) is 21.1. The van der Waals surface area contributed by atoms with E-state index in [1.54, 1.807) is 7.11 Å². The normalized spacial score (nSPS) is 15.4. The number of anilines is 1. The Morgan fingerprint density at radius 1 is 1.13 bits per heavy atom. The molecule has 158 valence electrons. The second kappa shape index (κ2) is 8.76. The van der Waals surface area contributed by atoms with Crippen LogP contribution in [0.15, 0.2) is 36.4 Å². The maximum absolute atomic E-state index is 13.7. The fraction of sp³-hybridized carbons (Fsp3) is 0.333. The first-order valence-corrected chi connectivity index (χ1v) is 9.72. The van der Waals surface area contributed by atoms with E-state index in [1.165, 1.54) is 6.07 Å². The Morgan fingerprint density at radius 2 is 1.90 bits per heavy atom. The molecule has 0 bridgehead atoms. The molecule has 1 aromatic heterocycles. The van der Waals surface area contributed by atoms with Crippen molar-refractivity contribution in [3.63, 3.8) is 0 Å². The van der Waals surface area contributed by atoms with Crippen molar-refractivity contribution in [1.29, 1.82) is 0 Å². The minimum atomic E-state index is -0.781. The maximum atomic E-state index is 13.7. The van der Waals surface area contributed by atoms with E-state index in [9.17, 15) is 13.6 Å². The lowest BCUT2D eigenvalue weighted by Gasteiger charge is -2.33. The van der Waals surface area contributed by atoms with Crippen LogP contribution >= 0.6 is 0 Å². The highest BCUT2D eigenvalue weighted by Crippen LogP contribution is 2.19. The van der Waals surface area contributed by atoms with Crippen LogP contribution in [0.5, 0.6) is 5.75 Å². The summed E-state index contributed by atoms with van der Waals surface area (Å²) in [6.07, 6.45) is 0. The predicted molar refractivity (Wildman–Crippen MR) is 109 cm³/mol. The number of benzene rings is 2. The van der Waals surface area contributed by atoms with Crippen LogP contribution in [0, 0.1) is 11.6 Å². The highest BCUT2D eigenvalue weighted by atomic mass is 19.1. The number of nitrogens with one attached hydrogen (secondary N) is 2. The summed E-state index contributed by atoms with van der Waals surface area (Å²) in [5.41, 5.74) is 1.82. The van der Waals surface area contributed by atoms with Crippen molar-refractivity contribution in [2.45, 2.75) is 6.54 Å². The summed E-state index contributed by atoms with van der Waals surface area (Å²) in [6, 6.07) is 8.83. The summed E-state index contributed by atoms with van der Waals surface area (Å²) in [5.74, 6) is -0.108. The summed E-state index contributed by atoms with van der Waals surface area (Å²) in [5, 5.41) is 2.50. The van der Waals surface area contributed by atoms with Gasteiger partial charge in [0.15, 0.2) is 0 Å². The first kappa shape index (κ1) is 20.2. The van der Waals surface area contributed by atoms with Crippen molar-refractivity contribution in [2.24, 2.45) is 0 Å². The van der Waals surface area contributed by atoms with Crippen molar-refractivity contribution >= 4 is 22.6 Å². The predicted octanol–water partition coefficient (Wildman–Crippen LogP) is 2.61. The van der Waals surface area contributed by atoms with Crippen LogP contribution in [0.1, 0.15) is 5.82 Å². The molecule has 0 aliphatic carbocycles. The monoisotopic (exact) mass is 415 g/mol. The van der Waals surface area contributed by atoms with E-state index in [-0.39, 0.29) is 18.1 Å². The van der Waals surface area contributed by atoms with Crippen LogP contribution in [0.3, 0.4) is 0 Å². The molecule has 0 spiro atoms. The molecule has 0 saturated carbocycles. The molecule has 9 heteroatoms. The number of carbonyl (C=O) groups excluding carboxylic acids is 1. The molecule has 1 amide bonds. The topological polar surface area (TPSA) is 73.5 Å². The molecular formula is C21H23F2N5O2. The maximum Gasteiger partial charge on any atom is 0.238 e. The van der Waals surface area contributed by atoms with Crippen LogP contribution in [-0.2, 0) is 11.3 Å². The Kier molecular flexibility index (Phi) is 5.91. The van der Waals surface area contributed by atoms with Gasteiger partial charge in [-0.15, -0.1) is 0 Å². The number of nitrogens with zero attached hydrogens (tertiary/aromatic N) is 3. The average molecular weight is 415 g/mol. The van der Waals surface area contributed by atoms with Crippen molar-refractivity contribution < 1.29 is 18.3 Å². The van der Waals surface area contributed by atoms with Gasteiger partial charge in [0, 0.05) is 38.3 Å². The molecule has 4 rings (SSSR count). The fourth-order valence-electron chi connectivity index (χ4n) is 3.54. The van der Waals surface area contributed by atoms with Gasteiger partial charge in [-0.25, -0.2) is 13.8 Å². The number of aromatic nitrogens is 2. The molecule has 30 heavy (non-hydrogen) atoms. The van der Waals surface area contributed by atoms with Gasteiger partial charge in [0.25, 0.3) is 0 Å². The Hall–Kier alpha value is -3.04. The third-order valence-corrected chi connectivity index (χ3v) is 5.15. The smallest absolute Gasteiger partial charge is 0.238 e. The standard InChI is InChI=1S/C21H23F2N5O2/c1-30-15-3-5-18-19(11-15)25-20(24-18)12-27-6-8-28(9-7-27)13-21(29)26-17-4-2-14(22)10-16(17)23/h2-5,10-11H,6-9,12-13H2,1H3,(H,24,25)(H,26,29). The molecule has 1 saturated heterocycles. The van der Waals surface area contributed by atoms with Crippen molar-refractivity contribution in [1.82, 2.24) is 19.8 Å². The average Bonchev–Trinajstić information content (AvgIpc) is 3.13. The zero-order valence-electron chi connectivity index (χ0n) is 16.6. The minimum absolute atomic E-state index is 0.0125. The van der Waals surface area contributed by atoms with Crippen LogP contribution < -0.4 is 10.1 Å². The Bertz CT molecular complexity index is 1050. The van der Waals surface area contributed by atoms with Crippen LogP contribution in [-0.4, -0.2) is 65.5 Å². The number of fused-ring (bicyclic) bond motifs is 1. The molecule has 1 aliphatic heterocycles. The number of amides is 1. The first-order valence-electron chi connectivity index (χ1n) is 9.72. The van der Waals surface area contributed by atoms with E-state index in [1.807, 2.05) is 23.1 Å². The van der Waals surface area contributed by atoms with Gasteiger partial charge < -0.3 is 15.0 Å². The minimum Gasteiger partial charge on any atom is -0.497 e. The second-order valence-corrected chi connectivity index (χ2v) is 7.29. The third-order valence-electron chi connectivity index (χ3n) is 5.15. The number of imidazole rings is 1. The summed E-state index contributed by atoms with van der Waals surface area (Å²) in [6.45, 7) is 3.87. The molecule has 7 nitrogen and oxygen atoms in total. The Morgan fingerprint density at radius 3 is 2.63 bits per heavy atom. The molecule has 2 aromatic carbocycles. The van der Waals surface area contributed by atoms with Gasteiger partial charge in [-0.1, -0.05) is 0 Å². The fourth-order valence-corrected chi connectivity index (χ4v) is 3.54. The van der Waals surface area contributed by atoms with Gasteiger partial charge in [0.1, 0.15) is 23.2 Å². The summed E-state index contributed by atoms with van der Waals surface area (Å²) >= 11 is 0. The van der Waals surface area contributed by atoms with Gasteiger partial charge in [-0.3, -0.25) is 14.6 Å². The van der Waals surface area contributed by atoms with Gasteiger partial charge in [-0.2, -0.15) is 0 Å². The Balaban J connectivity index is 1.27. The lowest BCUT2D eigenvalue weighted by atomic mass is 10.2. The molecule has 2 N–H and O–H groups in total. The van der Waals surface area contributed by atoms with Crippen LogP contribution in [0.25, 0.3) is 11.0 Å². The number of ether oxygens (including phenoxy) is 1. The second-order valence-electron chi connectivity index (χ2n) is 7.29. The SMILES string of the molecule is COc1ccc2nc(CN3CCN(CC(=O)Nc4ccc(F)cc4F)CC3)[nH]c2c1. The number of H-pyrrole nitrogens is 1. The van der Waals surface area contributed by atoms with Crippen molar-refractivity contribution in [2.75, 3.05) is 45.2 Å². The first-order chi connectivity index (χ1) is 14.5. The zero-order valence-corrected chi connectivity index (χ0v) is 16.6. The molecule has 2 heterocycles. The summed E-state index contributed by atoms with van der Waals surface area (Å²) in [4.78, 5) is 24.4. The van der Waals surface area contributed by atoms with Gasteiger partial charge in [0.05, 0.1) is 36.9 Å². The van der Waals surface area contributed by atoms with Crippen LogP contribution in [0.4, 0.5) is 14.5 Å². The lowest BCUT2D eigenvalue weighted by Crippen LogP contribution is -2.48. The van der Waals surface area contributed by atoms with E-state index in [2.05, 4.69) is 20.2 Å². The van der Waals surface area contributed by atoms with Crippen molar-refractivity contribution in [3.8, 4) is 5.75 Å². The molecule has 0 unspecified atom stereocenters. The third kappa shape index (κ3) is 4.74. The molecule has 1 fully saturated rings. The highest BCUT2D eigenvalue weighted by molar-refractivity contribution is 5.92. The number of carbonyl (C=O) groups is 1. The molecule has 3 aromatic rings. The number of rotatable bonds is 6. The summed E-state index contributed by atoms with van der Waals surface area (Å²) in [7, 11) is 1.63. The molecular weight excluding hydrogens is 392 g/mol. The molecule has 0 atom stereocenters. The lowest BCUT2D eigenvalue weighted by molar-refractivity contribution is -0.117. The molecule has 1 aliphatic rings. The van der Waals surface area contributed by atoms with E-state index in [4.69, 9.17) is 4.74 Å². The number of hydrogen-bond acceptors (Lipinski definition) is 5. The Labute approximate surface area is 172 Å². The number of piperazine rings is 1. The van der Waals surface area contributed by atoms with Gasteiger partial charge >= 0.3 is 0 Å². The highest BCUT2D eigenvalue weighted by Gasteiger charge is 2.20. The number of aromatic amines is 1. The van der Waals surface area contributed by atoms with Crippen molar-refractivity contribution in [3.05, 3.63) is 53.9 Å². The molecule has 0 radical (unpaired) electrons. The quantitative estimate of drug-likeness (QED) is 0.648. The number of halogens is 2. The van der Waals surface area contributed by atoms with E-state index < -0.39 is 11.6 Å². The van der Waals surface area contributed by atoms with Gasteiger partial charge in [-0.05, 0) is 24.3 Å². The van der Waals surface area contributed by atoms with Gasteiger partial charge in [0.2, 0.25) is 5.91 Å². The largest absolute Gasteiger partial charge is 0.497 e. The van der Waals surface area contributed by atoms with E-state index in [0.29, 0.717) is 19.6 Å². The van der Waals surface area contributed by atoms with Crippen LogP contribution in [0.2, 0.25) is 0 Å². The van der Waals surface area contributed by atoms with E-state index in [0.717, 1.165) is 47.8 Å².